The summed E-state index contributed by atoms with van der Waals surface area (Å²) < 4.78 is 10.7. The van der Waals surface area contributed by atoms with E-state index < -0.39 is 5.60 Å². The van der Waals surface area contributed by atoms with Gasteiger partial charge in [0.05, 0.1) is 0 Å². The van der Waals surface area contributed by atoms with E-state index in [1.807, 2.05) is 13.8 Å². The molecule has 7 nitrogen and oxygen atoms in total. The topological polar surface area (TPSA) is 71.7 Å². The Kier molecular flexibility index (Phi) is 4.31. The summed E-state index contributed by atoms with van der Waals surface area (Å²) in [7, 11) is 1.63. The predicted octanol–water partition coefficient (Wildman–Crippen LogP) is 1.93. The van der Waals surface area contributed by atoms with Crippen molar-refractivity contribution in [2.45, 2.75) is 64.1 Å². The summed E-state index contributed by atoms with van der Waals surface area (Å²) in [4.78, 5) is 20.6. The minimum atomic E-state index is -0.582. The molecule has 0 aromatic carbocycles. The molecule has 2 fully saturated rings. The summed E-state index contributed by atoms with van der Waals surface area (Å²) in [6.45, 7) is 7.16. The number of aromatic nitrogens is 2. The van der Waals surface area contributed by atoms with Gasteiger partial charge in [-0.2, -0.15) is 4.98 Å². The molecule has 1 saturated heterocycles. The van der Waals surface area contributed by atoms with Gasteiger partial charge in [-0.15, -0.1) is 0 Å². The third kappa shape index (κ3) is 3.34. The Morgan fingerprint density at radius 2 is 1.87 bits per heavy atom. The van der Waals surface area contributed by atoms with Crippen LogP contribution < -0.4 is 4.90 Å². The molecule has 0 radical (unpaired) electrons. The molecule has 1 aliphatic carbocycles. The van der Waals surface area contributed by atoms with Crippen LogP contribution in [0.15, 0.2) is 4.52 Å². The molecule has 2 heterocycles. The average Bonchev–Trinajstić information content (AvgIpc) is 3.21. The summed E-state index contributed by atoms with van der Waals surface area (Å²) in [5.41, 5.74) is -0.582. The normalized spacial score (nSPS) is 19.9. The van der Waals surface area contributed by atoms with Crippen LogP contribution in [-0.4, -0.2) is 53.2 Å². The summed E-state index contributed by atoms with van der Waals surface area (Å²) in [5, 5.41) is 4.09. The molecule has 7 heteroatoms. The summed E-state index contributed by atoms with van der Waals surface area (Å²) in [6, 6.07) is 0.821. The van der Waals surface area contributed by atoms with E-state index in [0.717, 1.165) is 38.8 Å². The van der Waals surface area contributed by atoms with Gasteiger partial charge in [0.1, 0.15) is 5.60 Å². The fourth-order valence-corrected chi connectivity index (χ4v) is 3.19. The van der Waals surface area contributed by atoms with Gasteiger partial charge in [0.25, 0.3) is 11.8 Å². The number of ether oxygens (including phenoxy) is 1. The first-order valence-electron chi connectivity index (χ1n) is 8.35. The molecule has 1 aliphatic heterocycles. The predicted molar refractivity (Wildman–Crippen MR) is 85.1 cm³/mol. The van der Waals surface area contributed by atoms with Gasteiger partial charge in [-0.3, -0.25) is 4.79 Å². The quantitative estimate of drug-likeness (QED) is 0.825. The van der Waals surface area contributed by atoms with Gasteiger partial charge in [-0.1, -0.05) is 0 Å². The Labute approximate surface area is 137 Å². The Hall–Kier alpha value is -1.63. The van der Waals surface area contributed by atoms with Gasteiger partial charge in [-0.25, -0.2) is 0 Å². The van der Waals surface area contributed by atoms with E-state index >= 15 is 0 Å². The SMILES string of the molecule is COC(C)(C)c1nc(N2CCC(N(C(C)=O)C3CC3)CC2)no1. The lowest BCUT2D eigenvalue weighted by Crippen LogP contribution is -2.48. The molecule has 3 rings (SSSR count). The number of hydrogen-bond acceptors (Lipinski definition) is 6. The first kappa shape index (κ1) is 16.2. The summed E-state index contributed by atoms with van der Waals surface area (Å²) >= 11 is 0. The molecule has 0 N–H and O–H groups in total. The minimum Gasteiger partial charge on any atom is -0.369 e. The van der Waals surface area contributed by atoms with E-state index in [1.165, 1.54) is 0 Å². The second-order valence-corrected chi connectivity index (χ2v) is 6.99. The third-order valence-electron chi connectivity index (χ3n) is 4.89. The Morgan fingerprint density at radius 3 is 2.39 bits per heavy atom. The Balaban J connectivity index is 1.62. The number of hydrogen-bond donors (Lipinski definition) is 0. The number of anilines is 1. The van der Waals surface area contributed by atoms with Crippen molar-refractivity contribution in [3.05, 3.63) is 5.89 Å². The maximum atomic E-state index is 11.9. The van der Waals surface area contributed by atoms with Crippen LogP contribution in [0.3, 0.4) is 0 Å². The first-order chi connectivity index (χ1) is 10.9. The van der Waals surface area contributed by atoms with Gasteiger partial charge in [0, 0.05) is 39.2 Å². The number of rotatable bonds is 5. The van der Waals surface area contributed by atoms with Crippen LogP contribution in [0.4, 0.5) is 5.95 Å². The lowest BCUT2D eigenvalue weighted by Gasteiger charge is -2.37. The maximum Gasteiger partial charge on any atom is 0.266 e. The summed E-state index contributed by atoms with van der Waals surface area (Å²) in [6.07, 6.45) is 4.21. The number of amides is 1. The first-order valence-corrected chi connectivity index (χ1v) is 8.35. The number of piperidine rings is 1. The van der Waals surface area contributed by atoms with Crippen LogP contribution in [0.2, 0.25) is 0 Å². The zero-order valence-electron chi connectivity index (χ0n) is 14.4. The van der Waals surface area contributed by atoms with Crippen molar-refractivity contribution >= 4 is 11.9 Å². The van der Waals surface area contributed by atoms with Crippen LogP contribution in [-0.2, 0) is 15.1 Å². The molecule has 1 aromatic heterocycles. The molecular formula is C16H26N4O3. The largest absolute Gasteiger partial charge is 0.369 e. The van der Waals surface area contributed by atoms with Gasteiger partial charge >= 0.3 is 0 Å². The van der Waals surface area contributed by atoms with Crippen LogP contribution in [0.5, 0.6) is 0 Å². The van der Waals surface area contributed by atoms with Crippen molar-refractivity contribution in [2.75, 3.05) is 25.1 Å². The Bertz CT molecular complexity index is 559. The standard InChI is InChI=1S/C16H26N4O3/c1-11(21)20(12-5-6-12)13-7-9-19(10-8-13)15-17-14(23-18-15)16(2,3)22-4/h12-13H,5-10H2,1-4H3. The second kappa shape index (κ2) is 6.11. The Morgan fingerprint density at radius 1 is 1.26 bits per heavy atom. The zero-order chi connectivity index (χ0) is 16.6. The second-order valence-electron chi connectivity index (χ2n) is 6.99. The number of methoxy groups -OCH3 is 1. The molecule has 0 bridgehead atoms. The van der Waals surface area contributed by atoms with Gasteiger partial charge < -0.3 is 19.1 Å². The molecule has 1 saturated carbocycles. The molecule has 0 atom stereocenters. The smallest absolute Gasteiger partial charge is 0.266 e. The highest BCUT2D eigenvalue weighted by atomic mass is 16.5. The van der Waals surface area contributed by atoms with E-state index in [4.69, 9.17) is 9.26 Å². The van der Waals surface area contributed by atoms with Crippen molar-refractivity contribution in [2.24, 2.45) is 0 Å². The van der Waals surface area contributed by atoms with Crippen LogP contribution in [0.25, 0.3) is 0 Å². The minimum absolute atomic E-state index is 0.203. The van der Waals surface area contributed by atoms with E-state index in [1.54, 1.807) is 14.0 Å². The molecule has 1 aromatic rings. The van der Waals surface area contributed by atoms with E-state index in [9.17, 15) is 4.79 Å². The van der Waals surface area contributed by atoms with Crippen molar-refractivity contribution in [1.29, 1.82) is 0 Å². The molecule has 2 aliphatic rings. The maximum absolute atomic E-state index is 11.9. The molecule has 0 spiro atoms. The van der Waals surface area contributed by atoms with E-state index in [2.05, 4.69) is 19.9 Å². The van der Waals surface area contributed by atoms with Crippen LogP contribution in [0, 0.1) is 0 Å². The molecule has 23 heavy (non-hydrogen) atoms. The highest BCUT2D eigenvalue weighted by molar-refractivity contribution is 5.74. The van der Waals surface area contributed by atoms with Gasteiger partial charge in [-0.05, 0) is 44.7 Å². The fraction of sp³-hybridized carbons (Fsp3) is 0.812. The van der Waals surface area contributed by atoms with E-state index in [0.29, 0.717) is 23.9 Å². The molecular weight excluding hydrogens is 296 g/mol. The van der Waals surface area contributed by atoms with Crippen molar-refractivity contribution in [1.82, 2.24) is 15.0 Å². The highest BCUT2D eigenvalue weighted by Gasteiger charge is 2.37. The van der Waals surface area contributed by atoms with Crippen molar-refractivity contribution < 1.29 is 14.1 Å². The monoisotopic (exact) mass is 322 g/mol. The number of carbonyl (C=O) groups excluding carboxylic acids is 1. The van der Waals surface area contributed by atoms with Crippen molar-refractivity contribution in [3.63, 3.8) is 0 Å². The van der Waals surface area contributed by atoms with Crippen LogP contribution in [0.1, 0.15) is 52.3 Å². The third-order valence-corrected chi connectivity index (χ3v) is 4.89. The number of carbonyl (C=O) groups is 1. The molecule has 128 valence electrons. The summed E-state index contributed by atoms with van der Waals surface area (Å²) in [5.74, 6) is 1.31. The lowest BCUT2D eigenvalue weighted by molar-refractivity contribution is -0.132. The van der Waals surface area contributed by atoms with Gasteiger partial charge in [0.2, 0.25) is 5.91 Å². The average molecular weight is 322 g/mol. The molecule has 1 amide bonds. The number of nitrogens with zero attached hydrogens (tertiary/aromatic N) is 4. The highest BCUT2D eigenvalue weighted by Crippen LogP contribution is 2.32. The van der Waals surface area contributed by atoms with Crippen molar-refractivity contribution in [3.8, 4) is 0 Å². The fourth-order valence-electron chi connectivity index (χ4n) is 3.19. The zero-order valence-corrected chi connectivity index (χ0v) is 14.4. The van der Waals surface area contributed by atoms with Gasteiger partial charge in [0.15, 0.2) is 0 Å². The molecule has 0 unspecified atom stereocenters. The van der Waals surface area contributed by atoms with Crippen LogP contribution >= 0.6 is 0 Å². The van der Waals surface area contributed by atoms with E-state index in [-0.39, 0.29) is 5.91 Å². The lowest BCUT2D eigenvalue weighted by atomic mass is 10.0.